The van der Waals surface area contributed by atoms with Crippen LogP contribution in [0.1, 0.15) is 10.4 Å². The summed E-state index contributed by atoms with van der Waals surface area (Å²) in [5.74, 6) is 1.89. The van der Waals surface area contributed by atoms with E-state index < -0.39 is 0 Å². The van der Waals surface area contributed by atoms with Crippen molar-refractivity contribution < 1.29 is 14.3 Å². The van der Waals surface area contributed by atoms with Crippen molar-refractivity contribution in [2.24, 2.45) is 0 Å². The molecule has 0 unspecified atom stereocenters. The fourth-order valence-corrected chi connectivity index (χ4v) is 2.32. The van der Waals surface area contributed by atoms with Gasteiger partial charge in [0.15, 0.2) is 0 Å². The Kier molecular flexibility index (Phi) is 5.21. The monoisotopic (exact) mass is 353 g/mol. The summed E-state index contributed by atoms with van der Waals surface area (Å²) < 4.78 is 10.8. The van der Waals surface area contributed by atoms with Crippen LogP contribution in [0.3, 0.4) is 0 Å². The second kappa shape index (κ2) is 7.73. The van der Waals surface area contributed by atoms with E-state index in [1.165, 1.54) is 0 Å². The molecule has 0 aliphatic carbocycles. The summed E-state index contributed by atoms with van der Waals surface area (Å²) in [6.07, 6.45) is 0. The van der Waals surface area contributed by atoms with Crippen molar-refractivity contribution in [1.82, 2.24) is 0 Å². The molecule has 1 amide bonds. The number of benzene rings is 3. The van der Waals surface area contributed by atoms with Crippen LogP contribution in [0.5, 0.6) is 17.2 Å². The molecule has 0 atom stereocenters. The molecule has 25 heavy (non-hydrogen) atoms. The normalized spacial score (nSPS) is 10.2. The molecule has 3 aromatic rings. The summed E-state index contributed by atoms with van der Waals surface area (Å²) in [7, 11) is 1.59. The minimum Gasteiger partial charge on any atom is -0.497 e. The number of hydrogen-bond donors (Lipinski definition) is 1. The molecule has 0 heterocycles. The Labute approximate surface area is 151 Å². The number of amides is 1. The van der Waals surface area contributed by atoms with Crippen LogP contribution in [0.2, 0.25) is 5.02 Å². The minimum absolute atomic E-state index is 0.186. The van der Waals surface area contributed by atoms with E-state index in [0.29, 0.717) is 33.5 Å². The highest BCUT2D eigenvalue weighted by molar-refractivity contribution is 6.30. The third-order valence-electron chi connectivity index (χ3n) is 3.51. The third kappa shape index (κ3) is 4.52. The molecule has 0 saturated heterocycles. The molecule has 0 fully saturated rings. The minimum atomic E-state index is -0.186. The second-order valence-electron chi connectivity index (χ2n) is 5.26. The highest BCUT2D eigenvalue weighted by Crippen LogP contribution is 2.24. The first-order chi connectivity index (χ1) is 12.1. The van der Waals surface area contributed by atoms with Crippen LogP contribution in [0, 0.1) is 0 Å². The summed E-state index contributed by atoms with van der Waals surface area (Å²) in [5.41, 5.74) is 1.24. The fraction of sp³-hybridized carbons (Fsp3) is 0.0500. The first-order valence-electron chi connectivity index (χ1n) is 7.63. The van der Waals surface area contributed by atoms with Gasteiger partial charge in [-0.25, -0.2) is 0 Å². The van der Waals surface area contributed by atoms with Gasteiger partial charge in [0.25, 0.3) is 5.91 Å². The van der Waals surface area contributed by atoms with E-state index >= 15 is 0 Å². The quantitative estimate of drug-likeness (QED) is 0.668. The predicted molar refractivity (Wildman–Crippen MR) is 98.9 cm³/mol. The van der Waals surface area contributed by atoms with Gasteiger partial charge in [-0.3, -0.25) is 4.79 Å². The van der Waals surface area contributed by atoms with Gasteiger partial charge >= 0.3 is 0 Å². The molecule has 0 bridgehead atoms. The standard InChI is InChI=1S/C20H16ClNO3/c1-24-17-8-2-14(3-9-17)20(23)22-16-6-12-19(13-7-16)25-18-10-4-15(21)5-11-18/h2-13H,1H3,(H,22,23). The molecular weight excluding hydrogens is 338 g/mol. The van der Waals surface area contributed by atoms with Crippen molar-refractivity contribution in [3.8, 4) is 17.2 Å². The smallest absolute Gasteiger partial charge is 0.255 e. The van der Waals surface area contributed by atoms with Gasteiger partial charge in [0.05, 0.1) is 7.11 Å². The van der Waals surface area contributed by atoms with Gasteiger partial charge in [-0.15, -0.1) is 0 Å². The SMILES string of the molecule is COc1ccc(C(=O)Nc2ccc(Oc3ccc(Cl)cc3)cc2)cc1. The van der Waals surface area contributed by atoms with Gasteiger partial charge < -0.3 is 14.8 Å². The van der Waals surface area contributed by atoms with Crippen molar-refractivity contribution >= 4 is 23.2 Å². The van der Waals surface area contributed by atoms with Crippen LogP contribution in [-0.2, 0) is 0 Å². The number of rotatable bonds is 5. The zero-order valence-electron chi connectivity index (χ0n) is 13.5. The fourth-order valence-electron chi connectivity index (χ4n) is 2.19. The van der Waals surface area contributed by atoms with Crippen molar-refractivity contribution in [3.63, 3.8) is 0 Å². The lowest BCUT2D eigenvalue weighted by Crippen LogP contribution is -2.11. The Morgan fingerprint density at radius 1 is 0.800 bits per heavy atom. The van der Waals surface area contributed by atoms with Gasteiger partial charge in [0.1, 0.15) is 17.2 Å². The van der Waals surface area contributed by atoms with Gasteiger partial charge in [0.2, 0.25) is 0 Å². The zero-order valence-corrected chi connectivity index (χ0v) is 14.3. The molecule has 126 valence electrons. The van der Waals surface area contributed by atoms with E-state index in [0.717, 1.165) is 0 Å². The lowest BCUT2D eigenvalue weighted by atomic mass is 10.2. The number of anilines is 1. The predicted octanol–water partition coefficient (Wildman–Crippen LogP) is 5.39. The third-order valence-corrected chi connectivity index (χ3v) is 3.77. The summed E-state index contributed by atoms with van der Waals surface area (Å²) in [6.45, 7) is 0. The van der Waals surface area contributed by atoms with Gasteiger partial charge in [-0.2, -0.15) is 0 Å². The molecule has 5 heteroatoms. The Hall–Kier alpha value is -2.98. The Morgan fingerprint density at radius 2 is 1.32 bits per heavy atom. The number of ether oxygens (including phenoxy) is 2. The lowest BCUT2D eigenvalue weighted by molar-refractivity contribution is 0.102. The van der Waals surface area contributed by atoms with E-state index in [2.05, 4.69) is 5.32 Å². The molecule has 3 rings (SSSR count). The van der Waals surface area contributed by atoms with E-state index in [1.807, 2.05) is 0 Å². The van der Waals surface area contributed by atoms with Crippen LogP contribution < -0.4 is 14.8 Å². The molecule has 0 saturated carbocycles. The highest BCUT2D eigenvalue weighted by Gasteiger charge is 2.06. The largest absolute Gasteiger partial charge is 0.497 e. The number of methoxy groups -OCH3 is 1. The lowest BCUT2D eigenvalue weighted by Gasteiger charge is -2.08. The topological polar surface area (TPSA) is 47.6 Å². The summed E-state index contributed by atoms with van der Waals surface area (Å²) in [6, 6.07) is 21.2. The number of carbonyl (C=O) groups excluding carboxylic acids is 1. The molecule has 3 aromatic carbocycles. The maximum Gasteiger partial charge on any atom is 0.255 e. The van der Waals surface area contributed by atoms with Crippen molar-refractivity contribution in [2.75, 3.05) is 12.4 Å². The van der Waals surface area contributed by atoms with E-state index in [1.54, 1.807) is 79.9 Å². The van der Waals surface area contributed by atoms with E-state index in [4.69, 9.17) is 21.1 Å². The number of halogens is 1. The van der Waals surface area contributed by atoms with Crippen LogP contribution >= 0.6 is 11.6 Å². The molecular formula is C20H16ClNO3. The Bertz CT molecular complexity index is 844. The van der Waals surface area contributed by atoms with E-state index in [-0.39, 0.29) is 5.91 Å². The van der Waals surface area contributed by atoms with Crippen LogP contribution in [0.25, 0.3) is 0 Å². The van der Waals surface area contributed by atoms with Gasteiger partial charge in [-0.05, 0) is 72.8 Å². The zero-order chi connectivity index (χ0) is 17.6. The second-order valence-corrected chi connectivity index (χ2v) is 5.70. The summed E-state index contributed by atoms with van der Waals surface area (Å²) in [4.78, 5) is 12.2. The molecule has 0 aliphatic rings. The summed E-state index contributed by atoms with van der Waals surface area (Å²) in [5, 5.41) is 3.50. The molecule has 0 spiro atoms. The molecule has 0 radical (unpaired) electrons. The van der Waals surface area contributed by atoms with Crippen molar-refractivity contribution in [2.45, 2.75) is 0 Å². The maximum atomic E-state index is 12.2. The average Bonchev–Trinajstić information content (AvgIpc) is 2.65. The molecule has 1 N–H and O–H groups in total. The first-order valence-corrected chi connectivity index (χ1v) is 8.01. The number of hydrogen-bond acceptors (Lipinski definition) is 3. The first kappa shape index (κ1) is 16.9. The average molecular weight is 354 g/mol. The molecule has 0 aliphatic heterocycles. The van der Waals surface area contributed by atoms with Crippen molar-refractivity contribution in [3.05, 3.63) is 83.4 Å². The summed E-state index contributed by atoms with van der Waals surface area (Å²) >= 11 is 5.85. The van der Waals surface area contributed by atoms with Crippen LogP contribution in [-0.4, -0.2) is 13.0 Å². The Balaban J connectivity index is 1.63. The maximum absolute atomic E-state index is 12.2. The number of nitrogens with one attached hydrogen (secondary N) is 1. The van der Waals surface area contributed by atoms with Crippen LogP contribution in [0.4, 0.5) is 5.69 Å². The van der Waals surface area contributed by atoms with Gasteiger partial charge in [-0.1, -0.05) is 11.6 Å². The van der Waals surface area contributed by atoms with E-state index in [9.17, 15) is 4.79 Å². The molecule has 4 nitrogen and oxygen atoms in total. The van der Waals surface area contributed by atoms with Crippen molar-refractivity contribution in [1.29, 1.82) is 0 Å². The van der Waals surface area contributed by atoms with Gasteiger partial charge in [0, 0.05) is 16.3 Å². The Morgan fingerprint density at radius 3 is 1.88 bits per heavy atom. The number of carbonyl (C=O) groups is 1. The molecule has 0 aromatic heterocycles. The van der Waals surface area contributed by atoms with Crippen LogP contribution in [0.15, 0.2) is 72.8 Å². The highest BCUT2D eigenvalue weighted by atomic mass is 35.5.